The van der Waals surface area contributed by atoms with Crippen LogP contribution >= 0.6 is 0 Å². The molecule has 2 aliphatic rings. The molecule has 0 aromatic carbocycles. The van der Waals surface area contributed by atoms with Crippen LogP contribution in [-0.4, -0.2) is 71.7 Å². The van der Waals surface area contributed by atoms with Gasteiger partial charge in [0.05, 0.1) is 19.1 Å². The van der Waals surface area contributed by atoms with Crippen LogP contribution in [0.3, 0.4) is 0 Å². The predicted octanol–water partition coefficient (Wildman–Crippen LogP) is 1.95. The lowest BCUT2D eigenvalue weighted by molar-refractivity contribution is -0.138. The van der Waals surface area contributed by atoms with Crippen LogP contribution in [0.4, 0.5) is 0 Å². The summed E-state index contributed by atoms with van der Waals surface area (Å²) in [5.41, 5.74) is 0. The van der Waals surface area contributed by atoms with E-state index in [0.717, 1.165) is 51.4 Å². The van der Waals surface area contributed by atoms with Crippen LogP contribution in [-0.2, 0) is 9.53 Å². The quantitative estimate of drug-likeness (QED) is 0.815. The number of ether oxygens (including phenoxy) is 2. The monoisotopic (exact) mass is 347 g/mol. The second-order valence-electron chi connectivity index (χ2n) is 7.17. The number of carbonyl (C=O) groups excluding carboxylic acids is 1. The number of nitrogens with zero attached hydrogens (tertiary/aromatic N) is 3. The van der Waals surface area contributed by atoms with E-state index in [9.17, 15) is 4.79 Å². The van der Waals surface area contributed by atoms with Gasteiger partial charge in [0.15, 0.2) is 0 Å². The van der Waals surface area contributed by atoms with Crippen molar-refractivity contribution in [3.05, 3.63) is 24.5 Å². The van der Waals surface area contributed by atoms with Gasteiger partial charge in [-0.05, 0) is 26.0 Å². The van der Waals surface area contributed by atoms with Gasteiger partial charge in [-0.15, -0.1) is 0 Å². The van der Waals surface area contributed by atoms with E-state index in [4.69, 9.17) is 9.47 Å². The first kappa shape index (κ1) is 18.1. The molecule has 1 amide bonds. The number of hydrogen-bond donors (Lipinski definition) is 0. The SMILES string of the molecule is CC(C)N1CCO[C@@H](CC(=O)N2CCC(Oc3ccncc3)CC2)C1. The summed E-state index contributed by atoms with van der Waals surface area (Å²) >= 11 is 0. The Bertz CT molecular complexity index is 544. The average molecular weight is 347 g/mol. The maximum absolute atomic E-state index is 12.6. The Labute approximate surface area is 150 Å². The summed E-state index contributed by atoms with van der Waals surface area (Å²) in [6.45, 7) is 8.43. The highest BCUT2D eigenvalue weighted by atomic mass is 16.5. The molecule has 0 spiro atoms. The lowest BCUT2D eigenvalue weighted by Crippen LogP contribution is -2.48. The van der Waals surface area contributed by atoms with Crippen LogP contribution in [0.2, 0.25) is 0 Å². The topological polar surface area (TPSA) is 54.9 Å². The van der Waals surface area contributed by atoms with Crippen LogP contribution in [0.25, 0.3) is 0 Å². The summed E-state index contributed by atoms with van der Waals surface area (Å²) in [6.07, 6.45) is 5.90. The molecular weight excluding hydrogens is 318 g/mol. The van der Waals surface area contributed by atoms with Crippen molar-refractivity contribution in [3.8, 4) is 5.75 Å². The highest BCUT2D eigenvalue weighted by molar-refractivity contribution is 5.76. The van der Waals surface area contributed by atoms with Crippen LogP contribution < -0.4 is 4.74 Å². The van der Waals surface area contributed by atoms with Crippen LogP contribution in [0, 0.1) is 0 Å². The molecular formula is C19H29N3O3. The molecule has 3 heterocycles. The number of pyridine rings is 1. The first-order valence-corrected chi connectivity index (χ1v) is 9.32. The molecule has 2 aliphatic heterocycles. The summed E-state index contributed by atoms with van der Waals surface area (Å²) in [7, 11) is 0. The lowest BCUT2D eigenvalue weighted by Gasteiger charge is -2.37. The molecule has 1 atom stereocenters. The number of morpholine rings is 1. The Balaban J connectivity index is 1.42. The molecule has 0 unspecified atom stereocenters. The van der Waals surface area contributed by atoms with Crippen molar-refractivity contribution >= 4 is 5.91 Å². The smallest absolute Gasteiger partial charge is 0.225 e. The zero-order valence-electron chi connectivity index (χ0n) is 15.3. The number of carbonyl (C=O) groups is 1. The fourth-order valence-electron chi connectivity index (χ4n) is 3.49. The van der Waals surface area contributed by atoms with E-state index in [0.29, 0.717) is 12.5 Å². The number of rotatable bonds is 5. The second-order valence-corrected chi connectivity index (χ2v) is 7.17. The van der Waals surface area contributed by atoms with Gasteiger partial charge in [-0.1, -0.05) is 0 Å². The Kier molecular flexibility index (Phi) is 6.26. The van der Waals surface area contributed by atoms with Gasteiger partial charge in [0.2, 0.25) is 5.91 Å². The third-order valence-corrected chi connectivity index (χ3v) is 5.05. The molecule has 0 radical (unpaired) electrons. The van der Waals surface area contributed by atoms with Crippen molar-refractivity contribution in [3.63, 3.8) is 0 Å². The summed E-state index contributed by atoms with van der Waals surface area (Å²) in [6, 6.07) is 4.25. The summed E-state index contributed by atoms with van der Waals surface area (Å²) in [5, 5.41) is 0. The van der Waals surface area contributed by atoms with Gasteiger partial charge >= 0.3 is 0 Å². The molecule has 6 nitrogen and oxygen atoms in total. The standard InChI is InChI=1S/C19H29N3O3/c1-15(2)22-11-12-24-18(14-22)13-19(23)21-9-5-17(6-10-21)25-16-3-7-20-8-4-16/h3-4,7-8,15,17-18H,5-6,9-14H2,1-2H3/t18-/m0/s1. The van der Waals surface area contributed by atoms with E-state index in [1.54, 1.807) is 12.4 Å². The third-order valence-electron chi connectivity index (χ3n) is 5.05. The summed E-state index contributed by atoms with van der Waals surface area (Å²) < 4.78 is 11.8. The molecule has 0 N–H and O–H groups in total. The van der Waals surface area contributed by atoms with Gasteiger partial charge in [0.1, 0.15) is 11.9 Å². The van der Waals surface area contributed by atoms with Gasteiger partial charge in [0.25, 0.3) is 0 Å². The molecule has 6 heteroatoms. The molecule has 0 aliphatic carbocycles. The summed E-state index contributed by atoms with van der Waals surface area (Å²) in [4.78, 5) is 20.9. The lowest BCUT2D eigenvalue weighted by atomic mass is 10.1. The van der Waals surface area contributed by atoms with Gasteiger partial charge in [-0.2, -0.15) is 0 Å². The van der Waals surface area contributed by atoms with E-state index >= 15 is 0 Å². The molecule has 138 valence electrons. The molecule has 1 aromatic heterocycles. The Morgan fingerprint density at radius 2 is 2.00 bits per heavy atom. The van der Waals surface area contributed by atoms with E-state index in [-0.39, 0.29) is 18.1 Å². The fourth-order valence-corrected chi connectivity index (χ4v) is 3.49. The van der Waals surface area contributed by atoms with E-state index in [1.165, 1.54) is 0 Å². The maximum atomic E-state index is 12.6. The summed E-state index contributed by atoms with van der Waals surface area (Å²) in [5.74, 6) is 1.06. The Morgan fingerprint density at radius 3 is 2.68 bits per heavy atom. The Morgan fingerprint density at radius 1 is 1.28 bits per heavy atom. The number of aromatic nitrogens is 1. The minimum absolute atomic E-state index is 0.0226. The normalized spacial score (nSPS) is 23.0. The number of hydrogen-bond acceptors (Lipinski definition) is 5. The van der Waals surface area contributed by atoms with Crippen LogP contribution in [0.5, 0.6) is 5.75 Å². The minimum Gasteiger partial charge on any atom is -0.490 e. The highest BCUT2D eigenvalue weighted by Gasteiger charge is 2.28. The number of likely N-dealkylation sites (tertiary alicyclic amines) is 1. The van der Waals surface area contributed by atoms with Crippen LogP contribution in [0.15, 0.2) is 24.5 Å². The largest absolute Gasteiger partial charge is 0.490 e. The highest BCUT2D eigenvalue weighted by Crippen LogP contribution is 2.20. The molecule has 0 saturated carbocycles. The van der Waals surface area contributed by atoms with E-state index in [1.807, 2.05) is 17.0 Å². The zero-order chi connectivity index (χ0) is 17.6. The molecule has 25 heavy (non-hydrogen) atoms. The van der Waals surface area contributed by atoms with Gasteiger partial charge in [0, 0.05) is 57.5 Å². The molecule has 2 fully saturated rings. The first-order valence-electron chi connectivity index (χ1n) is 9.32. The molecule has 0 bridgehead atoms. The Hall–Kier alpha value is -1.66. The fraction of sp³-hybridized carbons (Fsp3) is 0.684. The van der Waals surface area contributed by atoms with Crippen molar-refractivity contribution < 1.29 is 14.3 Å². The molecule has 2 saturated heterocycles. The number of piperidine rings is 1. The zero-order valence-corrected chi connectivity index (χ0v) is 15.3. The van der Waals surface area contributed by atoms with Crippen molar-refractivity contribution in [1.29, 1.82) is 0 Å². The van der Waals surface area contributed by atoms with Gasteiger partial charge in [-0.25, -0.2) is 0 Å². The third kappa shape index (κ3) is 5.16. The minimum atomic E-state index is 0.0226. The van der Waals surface area contributed by atoms with E-state index < -0.39 is 0 Å². The second kappa shape index (κ2) is 8.63. The van der Waals surface area contributed by atoms with Crippen molar-refractivity contribution in [2.45, 2.75) is 51.4 Å². The van der Waals surface area contributed by atoms with E-state index in [2.05, 4.69) is 23.7 Å². The van der Waals surface area contributed by atoms with Gasteiger partial charge < -0.3 is 14.4 Å². The maximum Gasteiger partial charge on any atom is 0.225 e. The van der Waals surface area contributed by atoms with Crippen LogP contribution in [0.1, 0.15) is 33.1 Å². The van der Waals surface area contributed by atoms with Crippen molar-refractivity contribution in [2.24, 2.45) is 0 Å². The molecule has 1 aromatic rings. The van der Waals surface area contributed by atoms with Crippen molar-refractivity contribution in [1.82, 2.24) is 14.8 Å². The number of amides is 1. The first-order chi connectivity index (χ1) is 12.1. The van der Waals surface area contributed by atoms with Gasteiger partial charge in [-0.3, -0.25) is 14.7 Å². The molecule has 3 rings (SSSR count). The average Bonchev–Trinajstić information content (AvgIpc) is 2.63. The predicted molar refractivity (Wildman–Crippen MR) is 95.5 cm³/mol. The van der Waals surface area contributed by atoms with Crippen molar-refractivity contribution in [2.75, 3.05) is 32.8 Å².